The second-order valence-electron chi connectivity index (χ2n) is 5.68. The molecule has 20 heavy (non-hydrogen) atoms. The SMILES string of the molecule is CCC(C)N(CC)C(=O)NC1CCCCCC1C(=O)O. The van der Waals surface area contributed by atoms with E-state index in [2.05, 4.69) is 5.32 Å². The van der Waals surface area contributed by atoms with Crippen molar-refractivity contribution in [2.45, 2.75) is 71.4 Å². The molecule has 0 radical (unpaired) electrons. The van der Waals surface area contributed by atoms with Crippen LogP contribution >= 0.6 is 0 Å². The minimum atomic E-state index is -0.788. The van der Waals surface area contributed by atoms with Crippen LogP contribution in [0.4, 0.5) is 4.79 Å². The molecule has 0 bridgehead atoms. The molecule has 1 aliphatic carbocycles. The van der Waals surface area contributed by atoms with E-state index in [1.54, 1.807) is 4.90 Å². The number of carbonyl (C=O) groups excluding carboxylic acids is 1. The molecule has 1 rings (SSSR count). The van der Waals surface area contributed by atoms with Crippen LogP contribution in [0, 0.1) is 5.92 Å². The van der Waals surface area contributed by atoms with E-state index >= 15 is 0 Å². The van der Waals surface area contributed by atoms with Crippen LogP contribution in [0.5, 0.6) is 0 Å². The van der Waals surface area contributed by atoms with Gasteiger partial charge in [-0.05, 0) is 33.1 Å². The molecule has 2 N–H and O–H groups in total. The van der Waals surface area contributed by atoms with E-state index in [1.165, 1.54) is 0 Å². The number of rotatable bonds is 5. The Morgan fingerprint density at radius 2 is 1.90 bits per heavy atom. The summed E-state index contributed by atoms with van der Waals surface area (Å²) in [5.74, 6) is -1.24. The summed E-state index contributed by atoms with van der Waals surface area (Å²) in [7, 11) is 0. The average molecular weight is 284 g/mol. The van der Waals surface area contributed by atoms with Crippen molar-refractivity contribution in [3.63, 3.8) is 0 Å². The number of carbonyl (C=O) groups is 2. The van der Waals surface area contributed by atoms with E-state index in [4.69, 9.17) is 0 Å². The van der Waals surface area contributed by atoms with Gasteiger partial charge in [-0.1, -0.05) is 26.2 Å². The summed E-state index contributed by atoms with van der Waals surface area (Å²) >= 11 is 0. The Kier molecular flexibility index (Phi) is 6.82. The number of hydrogen-bond donors (Lipinski definition) is 2. The largest absolute Gasteiger partial charge is 0.481 e. The van der Waals surface area contributed by atoms with Crippen molar-refractivity contribution in [2.24, 2.45) is 5.92 Å². The van der Waals surface area contributed by atoms with Gasteiger partial charge >= 0.3 is 12.0 Å². The van der Waals surface area contributed by atoms with Crippen molar-refractivity contribution < 1.29 is 14.7 Å². The van der Waals surface area contributed by atoms with Gasteiger partial charge in [-0.2, -0.15) is 0 Å². The fourth-order valence-corrected chi connectivity index (χ4v) is 2.89. The van der Waals surface area contributed by atoms with Gasteiger partial charge in [0.05, 0.1) is 5.92 Å². The van der Waals surface area contributed by atoms with Gasteiger partial charge in [0.15, 0.2) is 0 Å². The third kappa shape index (κ3) is 4.39. The molecule has 3 unspecified atom stereocenters. The van der Waals surface area contributed by atoms with Gasteiger partial charge in [-0.3, -0.25) is 4.79 Å². The van der Waals surface area contributed by atoms with Crippen molar-refractivity contribution in [3.8, 4) is 0 Å². The van der Waals surface area contributed by atoms with Crippen molar-refractivity contribution in [1.29, 1.82) is 0 Å². The minimum Gasteiger partial charge on any atom is -0.481 e. The minimum absolute atomic E-state index is 0.125. The maximum Gasteiger partial charge on any atom is 0.317 e. The Bertz CT molecular complexity index is 333. The molecule has 5 nitrogen and oxygen atoms in total. The molecule has 0 spiro atoms. The number of hydrogen-bond acceptors (Lipinski definition) is 2. The summed E-state index contributed by atoms with van der Waals surface area (Å²) in [5.41, 5.74) is 0. The molecule has 1 saturated carbocycles. The molecule has 5 heteroatoms. The second-order valence-corrected chi connectivity index (χ2v) is 5.68. The lowest BCUT2D eigenvalue weighted by atomic mass is 9.95. The van der Waals surface area contributed by atoms with Gasteiger partial charge < -0.3 is 15.3 Å². The topological polar surface area (TPSA) is 69.6 Å². The highest BCUT2D eigenvalue weighted by Crippen LogP contribution is 2.24. The van der Waals surface area contributed by atoms with Gasteiger partial charge in [-0.15, -0.1) is 0 Å². The zero-order chi connectivity index (χ0) is 15.1. The predicted molar refractivity (Wildman–Crippen MR) is 78.7 cm³/mol. The fraction of sp³-hybridized carbons (Fsp3) is 0.867. The maximum absolute atomic E-state index is 12.3. The first kappa shape index (κ1) is 16.8. The molecule has 1 fully saturated rings. The highest BCUT2D eigenvalue weighted by molar-refractivity contribution is 5.77. The molecule has 3 atom stereocenters. The standard InChI is InChI=1S/C15H28N2O3/c1-4-11(3)17(5-2)15(20)16-13-10-8-6-7-9-12(13)14(18)19/h11-13H,4-10H2,1-3H3,(H,16,20)(H,18,19). The third-order valence-electron chi connectivity index (χ3n) is 4.37. The zero-order valence-electron chi connectivity index (χ0n) is 12.9. The van der Waals surface area contributed by atoms with Crippen LogP contribution in [0.15, 0.2) is 0 Å². The van der Waals surface area contributed by atoms with Crippen LogP contribution in [-0.4, -0.2) is 40.6 Å². The Morgan fingerprint density at radius 3 is 2.45 bits per heavy atom. The fourth-order valence-electron chi connectivity index (χ4n) is 2.89. The zero-order valence-corrected chi connectivity index (χ0v) is 12.9. The van der Waals surface area contributed by atoms with Crippen LogP contribution in [0.2, 0.25) is 0 Å². The monoisotopic (exact) mass is 284 g/mol. The van der Waals surface area contributed by atoms with Crippen molar-refractivity contribution in [1.82, 2.24) is 10.2 Å². The molecule has 0 aromatic carbocycles. The number of nitrogens with zero attached hydrogens (tertiary/aromatic N) is 1. The maximum atomic E-state index is 12.3. The van der Waals surface area contributed by atoms with E-state index in [0.29, 0.717) is 13.0 Å². The average Bonchev–Trinajstić information content (AvgIpc) is 2.64. The van der Waals surface area contributed by atoms with Gasteiger partial charge in [0.2, 0.25) is 0 Å². The first-order chi connectivity index (χ1) is 9.51. The second kappa shape index (κ2) is 8.12. The van der Waals surface area contributed by atoms with Crippen LogP contribution in [0.3, 0.4) is 0 Å². The van der Waals surface area contributed by atoms with E-state index < -0.39 is 11.9 Å². The number of nitrogens with one attached hydrogen (secondary N) is 1. The molecule has 0 saturated heterocycles. The number of amides is 2. The first-order valence-electron chi connectivity index (χ1n) is 7.81. The lowest BCUT2D eigenvalue weighted by Gasteiger charge is -2.31. The predicted octanol–water partition coefficient (Wildman–Crippen LogP) is 2.85. The Labute approximate surface area is 121 Å². The molecule has 116 valence electrons. The van der Waals surface area contributed by atoms with E-state index in [-0.39, 0.29) is 18.1 Å². The molecule has 0 aromatic rings. The number of carboxylic acid groups (broad SMARTS) is 1. The molecule has 0 aliphatic heterocycles. The van der Waals surface area contributed by atoms with Crippen LogP contribution in [-0.2, 0) is 4.79 Å². The van der Waals surface area contributed by atoms with Crippen LogP contribution in [0.1, 0.15) is 59.3 Å². The summed E-state index contributed by atoms with van der Waals surface area (Å²) in [5, 5.41) is 12.3. The Hall–Kier alpha value is -1.26. The molecule has 2 amide bonds. The summed E-state index contributed by atoms with van der Waals surface area (Å²) in [6, 6.07) is -0.185. The van der Waals surface area contributed by atoms with Crippen molar-refractivity contribution in [2.75, 3.05) is 6.54 Å². The molecule has 1 aliphatic rings. The van der Waals surface area contributed by atoms with Crippen molar-refractivity contribution in [3.05, 3.63) is 0 Å². The highest BCUT2D eigenvalue weighted by Gasteiger charge is 2.31. The summed E-state index contributed by atoms with van der Waals surface area (Å²) < 4.78 is 0. The summed E-state index contributed by atoms with van der Waals surface area (Å²) in [6.07, 6.45) is 5.31. The highest BCUT2D eigenvalue weighted by atomic mass is 16.4. The third-order valence-corrected chi connectivity index (χ3v) is 4.37. The quantitative estimate of drug-likeness (QED) is 0.763. The van der Waals surface area contributed by atoms with E-state index in [9.17, 15) is 14.7 Å². The van der Waals surface area contributed by atoms with E-state index in [1.807, 2.05) is 20.8 Å². The Morgan fingerprint density at radius 1 is 1.25 bits per heavy atom. The van der Waals surface area contributed by atoms with Crippen molar-refractivity contribution >= 4 is 12.0 Å². The van der Waals surface area contributed by atoms with Gasteiger partial charge in [0.25, 0.3) is 0 Å². The normalized spacial score (nSPS) is 24.6. The molecular formula is C15H28N2O3. The number of urea groups is 1. The van der Waals surface area contributed by atoms with Gasteiger partial charge in [-0.25, -0.2) is 4.79 Å². The smallest absolute Gasteiger partial charge is 0.317 e. The first-order valence-corrected chi connectivity index (χ1v) is 7.81. The Balaban J connectivity index is 2.71. The van der Waals surface area contributed by atoms with Crippen LogP contribution < -0.4 is 5.32 Å². The van der Waals surface area contributed by atoms with Crippen LogP contribution in [0.25, 0.3) is 0 Å². The lowest BCUT2D eigenvalue weighted by Crippen LogP contribution is -2.51. The summed E-state index contributed by atoms with van der Waals surface area (Å²) in [4.78, 5) is 25.5. The number of aliphatic carboxylic acids is 1. The molecular weight excluding hydrogens is 256 g/mol. The van der Waals surface area contributed by atoms with Gasteiger partial charge in [0.1, 0.15) is 0 Å². The number of carboxylic acids is 1. The lowest BCUT2D eigenvalue weighted by molar-refractivity contribution is -0.142. The molecule has 0 heterocycles. The van der Waals surface area contributed by atoms with E-state index in [0.717, 1.165) is 32.1 Å². The summed E-state index contributed by atoms with van der Waals surface area (Å²) in [6.45, 7) is 6.66. The van der Waals surface area contributed by atoms with Gasteiger partial charge in [0, 0.05) is 18.6 Å². The molecule has 0 aromatic heterocycles.